The molecule has 2 radical (unpaired) electrons. The van der Waals surface area contributed by atoms with Gasteiger partial charge in [0, 0.05) is 6.54 Å². The molecule has 0 saturated heterocycles. The Kier molecular flexibility index (Phi) is 2.59. The Labute approximate surface area is 62.1 Å². The van der Waals surface area contributed by atoms with Crippen LogP contribution >= 0.6 is 0 Å². The monoisotopic (exact) mass is 153 g/mol. The number of hydrogen-bond acceptors (Lipinski definition) is 1. The van der Waals surface area contributed by atoms with Crippen molar-refractivity contribution in [3.05, 3.63) is 29.8 Å². The third-order valence-electron chi connectivity index (χ3n) is 1.27. The molecule has 0 aliphatic rings. The standard InChI is InChI=1S/C7H8FNSi/c8-10-7-3-1-2-6(4-7)5-9/h1-4H,5,9H2. The Morgan fingerprint density at radius 2 is 2.30 bits per heavy atom. The second-order valence-corrected chi connectivity index (χ2v) is 2.77. The van der Waals surface area contributed by atoms with Crippen LogP contribution in [0, 0.1) is 0 Å². The van der Waals surface area contributed by atoms with E-state index in [2.05, 4.69) is 0 Å². The van der Waals surface area contributed by atoms with Crippen molar-refractivity contribution < 1.29 is 4.11 Å². The van der Waals surface area contributed by atoms with E-state index >= 15 is 0 Å². The maximum absolute atomic E-state index is 12.0. The Hall–Kier alpha value is -0.673. The first-order chi connectivity index (χ1) is 4.86. The van der Waals surface area contributed by atoms with Crippen molar-refractivity contribution in [2.75, 3.05) is 0 Å². The predicted octanol–water partition coefficient (Wildman–Crippen LogP) is 0.359. The zero-order chi connectivity index (χ0) is 7.40. The van der Waals surface area contributed by atoms with Crippen LogP contribution in [-0.2, 0) is 6.54 Å². The molecule has 0 amide bonds. The fraction of sp³-hybridized carbons (Fsp3) is 0.143. The van der Waals surface area contributed by atoms with E-state index in [4.69, 9.17) is 5.73 Å². The lowest BCUT2D eigenvalue weighted by atomic mass is 10.2. The van der Waals surface area contributed by atoms with Gasteiger partial charge in [-0.05, 0) is 10.8 Å². The Balaban J connectivity index is 2.87. The minimum Gasteiger partial charge on any atom is -0.326 e. The van der Waals surface area contributed by atoms with Crippen molar-refractivity contribution in [2.24, 2.45) is 5.73 Å². The van der Waals surface area contributed by atoms with Crippen LogP contribution < -0.4 is 10.9 Å². The summed E-state index contributed by atoms with van der Waals surface area (Å²) in [4.78, 5) is 0. The van der Waals surface area contributed by atoms with Crippen molar-refractivity contribution >= 4 is 15.0 Å². The van der Waals surface area contributed by atoms with Gasteiger partial charge in [-0.15, -0.1) is 0 Å². The van der Waals surface area contributed by atoms with Gasteiger partial charge in [-0.1, -0.05) is 24.3 Å². The highest BCUT2D eigenvalue weighted by Crippen LogP contribution is 1.93. The molecule has 1 nitrogen and oxygen atoms in total. The van der Waals surface area contributed by atoms with Gasteiger partial charge in [-0.3, -0.25) is 0 Å². The molecular weight excluding hydrogens is 145 g/mol. The summed E-state index contributed by atoms with van der Waals surface area (Å²) >= 11 is 0. The number of halogens is 1. The van der Waals surface area contributed by atoms with Crippen molar-refractivity contribution in [2.45, 2.75) is 6.54 Å². The summed E-state index contributed by atoms with van der Waals surface area (Å²) in [6.45, 7) is 0.484. The fourth-order valence-electron chi connectivity index (χ4n) is 0.757. The summed E-state index contributed by atoms with van der Waals surface area (Å²) in [6.07, 6.45) is 0. The average molecular weight is 153 g/mol. The van der Waals surface area contributed by atoms with Crippen LogP contribution in [0.1, 0.15) is 5.56 Å². The molecule has 0 atom stereocenters. The van der Waals surface area contributed by atoms with E-state index in [0.717, 1.165) is 10.8 Å². The molecule has 0 aliphatic heterocycles. The maximum atomic E-state index is 12.0. The molecule has 1 rings (SSSR count). The highest BCUT2D eigenvalue weighted by Gasteiger charge is 1.94. The van der Waals surface area contributed by atoms with Gasteiger partial charge < -0.3 is 9.84 Å². The van der Waals surface area contributed by atoms with Gasteiger partial charge in [0.15, 0.2) is 0 Å². The first-order valence-corrected chi connectivity index (χ1v) is 3.90. The van der Waals surface area contributed by atoms with E-state index in [0.29, 0.717) is 6.54 Å². The van der Waals surface area contributed by atoms with Crippen LogP contribution in [0.4, 0.5) is 4.11 Å². The summed E-state index contributed by atoms with van der Waals surface area (Å²) in [5, 5.41) is 0.725. The Bertz CT molecular complexity index is 195. The lowest BCUT2D eigenvalue weighted by Gasteiger charge is -1.96. The number of hydrogen-bond donors (Lipinski definition) is 1. The SMILES string of the molecule is NCc1cccc([Si]F)c1. The Morgan fingerprint density at radius 1 is 1.50 bits per heavy atom. The number of nitrogens with two attached hydrogens (primary N) is 1. The van der Waals surface area contributed by atoms with E-state index in [-0.39, 0.29) is 0 Å². The van der Waals surface area contributed by atoms with Gasteiger partial charge in [0.05, 0.1) is 0 Å². The second-order valence-electron chi connectivity index (χ2n) is 2.00. The van der Waals surface area contributed by atoms with E-state index < -0.39 is 9.85 Å². The largest absolute Gasteiger partial charge is 0.333 e. The highest BCUT2D eigenvalue weighted by molar-refractivity contribution is 6.46. The van der Waals surface area contributed by atoms with Crippen LogP contribution in [0.25, 0.3) is 0 Å². The molecule has 2 N–H and O–H groups in total. The Morgan fingerprint density at radius 3 is 2.90 bits per heavy atom. The maximum Gasteiger partial charge on any atom is 0.333 e. The van der Waals surface area contributed by atoms with E-state index in [1.54, 1.807) is 12.1 Å². The van der Waals surface area contributed by atoms with Gasteiger partial charge >= 0.3 is 9.85 Å². The topological polar surface area (TPSA) is 26.0 Å². The third kappa shape index (κ3) is 1.65. The minimum atomic E-state index is -0.626. The van der Waals surface area contributed by atoms with Gasteiger partial charge in [0.25, 0.3) is 0 Å². The van der Waals surface area contributed by atoms with E-state index in [9.17, 15) is 4.11 Å². The molecule has 52 valence electrons. The van der Waals surface area contributed by atoms with Gasteiger partial charge in [-0.2, -0.15) is 0 Å². The van der Waals surface area contributed by atoms with Gasteiger partial charge in [-0.25, -0.2) is 0 Å². The summed E-state index contributed by atoms with van der Waals surface area (Å²) in [5.74, 6) is 0. The zero-order valence-electron chi connectivity index (χ0n) is 5.47. The van der Waals surface area contributed by atoms with E-state index in [1.807, 2.05) is 12.1 Å². The third-order valence-corrected chi connectivity index (χ3v) is 1.80. The number of benzene rings is 1. The van der Waals surface area contributed by atoms with Crippen LogP contribution in [0.5, 0.6) is 0 Å². The normalized spacial score (nSPS) is 9.80. The van der Waals surface area contributed by atoms with Gasteiger partial charge in [0.1, 0.15) is 0 Å². The molecule has 0 fully saturated rings. The quantitative estimate of drug-likeness (QED) is 0.482. The van der Waals surface area contributed by atoms with Gasteiger partial charge in [0.2, 0.25) is 0 Å². The summed E-state index contributed by atoms with van der Waals surface area (Å²) in [6, 6.07) is 7.27. The molecule has 1 aromatic rings. The first kappa shape index (κ1) is 7.43. The molecule has 0 aromatic heterocycles. The van der Waals surface area contributed by atoms with Crippen molar-refractivity contribution in [1.82, 2.24) is 0 Å². The van der Waals surface area contributed by atoms with Crippen LogP contribution in [0.15, 0.2) is 24.3 Å². The molecule has 0 saturated carbocycles. The lowest BCUT2D eigenvalue weighted by molar-refractivity contribution is 0.884. The summed E-state index contributed by atoms with van der Waals surface area (Å²) in [7, 11) is -0.626. The highest BCUT2D eigenvalue weighted by atomic mass is 28.3. The average Bonchev–Trinajstić information content (AvgIpc) is 2.05. The molecule has 0 unspecified atom stereocenters. The van der Waals surface area contributed by atoms with Crippen molar-refractivity contribution in [1.29, 1.82) is 0 Å². The zero-order valence-corrected chi connectivity index (χ0v) is 6.47. The minimum absolute atomic E-state index is 0.484. The lowest BCUT2D eigenvalue weighted by Crippen LogP contribution is -2.10. The summed E-state index contributed by atoms with van der Waals surface area (Å²) in [5.41, 5.74) is 6.34. The van der Waals surface area contributed by atoms with E-state index in [1.165, 1.54) is 0 Å². The first-order valence-electron chi connectivity index (χ1n) is 3.02. The van der Waals surface area contributed by atoms with Crippen molar-refractivity contribution in [3.8, 4) is 0 Å². The van der Waals surface area contributed by atoms with Crippen LogP contribution in [0.2, 0.25) is 0 Å². The molecule has 3 heteroatoms. The predicted molar refractivity (Wildman–Crippen MR) is 40.8 cm³/mol. The molecular formula is C7H8FNSi. The molecule has 1 aromatic carbocycles. The van der Waals surface area contributed by atoms with Crippen molar-refractivity contribution in [3.63, 3.8) is 0 Å². The molecule has 10 heavy (non-hydrogen) atoms. The smallest absolute Gasteiger partial charge is 0.326 e. The second kappa shape index (κ2) is 3.48. The van der Waals surface area contributed by atoms with Crippen LogP contribution in [-0.4, -0.2) is 9.85 Å². The number of rotatable bonds is 2. The molecule has 0 spiro atoms. The van der Waals surface area contributed by atoms with Crippen LogP contribution in [0.3, 0.4) is 0 Å². The molecule has 0 heterocycles. The fourth-order valence-corrected chi connectivity index (χ4v) is 1.16. The summed E-state index contributed by atoms with van der Waals surface area (Å²) < 4.78 is 12.0. The molecule has 0 bridgehead atoms. The molecule has 0 aliphatic carbocycles.